The number of halogens is 1. The number of hydrogen-bond donors (Lipinski definition) is 2. The summed E-state index contributed by atoms with van der Waals surface area (Å²) in [5.41, 5.74) is 2.65. The molecule has 0 unspecified atom stereocenters. The van der Waals surface area contributed by atoms with Gasteiger partial charge < -0.3 is 10.3 Å². The van der Waals surface area contributed by atoms with Crippen LogP contribution in [0.2, 0.25) is 5.02 Å². The standard InChI is InChI=1S/C19H12ClN5/c20-11-2-1-3-12(8-11)23-18-15-9-21-6-4-13(15)17-14-5-7-22-10-16(14)24-19(17)25-18/h1-10H,(H2,23,24,25). The highest BCUT2D eigenvalue weighted by molar-refractivity contribution is 6.30. The van der Waals surface area contributed by atoms with Gasteiger partial charge in [0.25, 0.3) is 0 Å². The molecular weight excluding hydrogens is 334 g/mol. The molecule has 0 bridgehead atoms. The highest BCUT2D eigenvalue weighted by Crippen LogP contribution is 2.34. The zero-order valence-corrected chi connectivity index (χ0v) is 13.7. The fourth-order valence-electron chi connectivity index (χ4n) is 3.16. The van der Waals surface area contributed by atoms with Crippen molar-refractivity contribution in [1.29, 1.82) is 0 Å². The summed E-state index contributed by atoms with van der Waals surface area (Å²) in [6, 6.07) is 11.6. The molecule has 120 valence electrons. The van der Waals surface area contributed by atoms with E-state index in [4.69, 9.17) is 16.6 Å². The first-order valence-corrected chi connectivity index (χ1v) is 8.19. The minimum Gasteiger partial charge on any atom is -0.340 e. The second-order valence-corrected chi connectivity index (χ2v) is 6.22. The van der Waals surface area contributed by atoms with Crippen LogP contribution in [0.4, 0.5) is 11.5 Å². The van der Waals surface area contributed by atoms with Crippen LogP contribution in [-0.2, 0) is 0 Å². The lowest BCUT2D eigenvalue weighted by Gasteiger charge is -2.10. The molecule has 1 aromatic carbocycles. The van der Waals surface area contributed by atoms with E-state index in [2.05, 4.69) is 20.3 Å². The van der Waals surface area contributed by atoms with E-state index in [0.29, 0.717) is 5.02 Å². The van der Waals surface area contributed by atoms with Crippen molar-refractivity contribution in [3.05, 3.63) is 66.2 Å². The summed E-state index contributed by atoms with van der Waals surface area (Å²) in [7, 11) is 0. The van der Waals surface area contributed by atoms with Gasteiger partial charge in [-0.1, -0.05) is 17.7 Å². The Hall–Kier alpha value is -3.18. The summed E-state index contributed by atoms with van der Waals surface area (Å²) in [5, 5.41) is 8.24. The third-order valence-electron chi connectivity index (χ3n) is 4.24. The number of anilines is 2. The predicted molar refractivity (Wildman–Crippen MR) is 101 cm³/mol. The van der Waals surface area contributed by atoms with Crippen LogP contribution in [0.3, 0.4) is 0 Å². The van der Waals surface area contributed by atoms with Crippen molar-refractivity contribution in [3.63, 3.8) is 0 Å². The molecule has 2 N–H and O–H groups in total. The number of rotatable bonds is 2. The molecule has 0 fully saturated rings. The van der Waals surface area contributed by atoms with E-state index in [1.54, 1.807) is 12.4 Å². The van der Waals surface area contributed by atoms with Crippen LogP contribution in [-0.4, -0.2) is 19.9 Å². The second-order valence-electron chi connectivity index (χ2n) is 5.79. The molecule has 0 saturated carbocycles. The number of H-pyrrole nitrogens is 1. The molecule has 0 aliphatic heterocycles. The number of pyridine rings is 3. The van der Waals surface area contributed by atoms with Crippen molar-refractivity contribution in [3.8, 4) is 0 Å². The maximum absolute atomic E-state index is 6.09. The Morgan fingerprint density at radius 2 is 1.76 bits per heavy atom. The largest absolute Gasteiger partial charge is 0.340 e. The lowest BCUT2D eigenvalue weighted by molar-refractivity contribution is 1.31. The van der Waals surface area contributed by atoms with Crippen molar-refractivity contribution < 1.29 is 0 Å². The fraction of sp³-hybridized carbons (Fsp3) is 0. The van der Waals surface area contributed by atoms with Gasteiger partial charge >= 0.3 is 0 Å². The monoisotopic (exact) mass is 345 g/mol. The van der Waals surface area contributed by atoms with Gasteiger partial charge in [0.15, 0.2) is 0 Å². The summed E-state index contributed by atoms with van der Waals surface area (Å²) in [5.74, 6) is 0.734. The average Bonchev–Trinajstić information content (AvgIpc) is 3.00. The molecule has 5 nitrogen and oxygen atoms in total. The Balaban J connectivity index is 1.82. The van der Waals surface area contributed by atoms with Crippen LogP contribution in [0, 0.1) is 0 Å². The van der Waals surface area contributed by atoms with Crippen molar-refractivity contribution >= 4 is 55.8 Å². The Kier molecular flexibility index (Phi) is 3.08. The quantitative estimate of drug-likeness (QED) is 0.469. The lowest BCUT2D eigenvalue weighted by Crippen LogP contribution is -1.96. The summed E-state index contributed by atoms with van der Waals surface area (Å²) in [4.78, 5) is 16.6. The summed E-state index contributed by atoms with van der Waals surface area (Å²) < 4.78 is 0. The van der Waals surface area contributed by atoms with Gasteiger partial charge in [0.1, 0.15) is 11.5 Å². The Labute approximate surface area is 147 Å². The van der Waals surface area contributed by atoms with E-state index < -0.39 is 0 Å². The van der Waals surface area contributed by atoms with Crippen LogP contribution in [0.1, 0.15) is 0 Å². The number of hydrogen-bond acceptors (Lipinski definition) is 4. The number of nitrogens with one attached hydrogen (secondary N) is 2. The zero-order chi connectivity index (χ0) is 16.8. The van der Waals surface area contributed by atoms with E-state index in [1.165, 1.54) is 0 Å². The molecular formula is C19H12ClN5. The minimum absolute atomic E-state index is 0.671. The van der Waals surface area contributed by atoms with Gasteiger partial charge in [-0.3, -0.25) is 9.97 Å². The minimum atomic E-state index is 0.671. The van der Waals surface area contributed by atoms with Crippen LogP contribution in [0.5, 0.6) is 0 Å². The van der Waals surface area contributed by atoms with Gasteiger partial charge in [-0.15, -0.1) is 0 Å². The Bertz CT molecular complexity index is 1240. The van der Waals surface area contributed by atoms with Crippen molar-refractivity contribution in [2.75, 3.05) is 5.32 Å². The third kappa shape index (κ3) is 2.28. The molecule has 0 amide bonds. The van der Waals surface area contributed by atoms with Crippen LogP contribution in [0.25, 0.3) is 32.7 Å². The van der Waals surface area contributed by atoms with E-state index >= 15 is 0 Å². The van der Waals surface area contributed by atoms with E-state index in [-0.39, 0.29) is 0 Å². The zero-order valence-electron chi connectivity index (χ0n) is 13.0. The number of aromatic amines is 1. The first kappa shape index (κ1) is 14.2. The van der Waals surface area contributed by atoms with E-state index in [9.17, 15) is 0 Å². The summed E-state index contributed by atoms with van der Waals surface area (Å²) in [6.07, 6.45) is 7.23. The van der Waals surface area contributed by atoms with Gasteiger partial charge in [0.05, 0.1) is 11.7 Å². The van der Waals surface area contributed by atoms with E-state index in [1.807, 2.05) is 48.8 Å². The van der Waals surface area contributed by atoms with Crippen molar-refractivity contribution in [1.82, 2.24) is 19.9 Å². The maximum Gasteiger partial charge on any atom is 0.142 e. The Morgan fingerprint density at radius 1 is 0.920 bits per heavy atom. The molecule has 5 rings (SSSR count). The molecule has 0 atom stereocenters. The Morgan fingerprint density at radius 3 is 2.64 bits per heavy atom. The smallest absolute Gasteiger partial charge is 0.142 e. The van der Waals surface area contributed by atoms with Gasteiger partial charge in [-0.05, 0) is 30.3 Å². The molecule has 5 aromatic rings. The summed E-state index contributed by atoms with van der Waals surface area (Å²) >= 11 is 6.09. The number of benzene rings is 1. The van der Waals surface area contributed by atoms with Gasteiger partial charge in [-0.2, -0.15) is 0 Å². The van der Waals surface area contributed by atoms with Crippen LogP contribution < -0.4 is 5.32 Å². The molecule has 4 aromatic heterocycles. The highest BCUT2D eigenvalue weighted by atomic mass is 35.5. The van der Waals surface area contributed by atoms with Crippen molar-refractivity contribution in [2.45, 2.75) is 0 Å². The molecule has 25 heavy (non-hydrogen) atoms. The molecule has 0 saturated heterocycles. The molecule has 0 spiro atoms. The predicted octanol–water partition coefficient (Wildman–Crippen LogP) is 5.06. The number of fused-ring (bicyclic) bond motifs is 5. The van der Waals surface area contributed by atoms with Crippen LogP contribution in [0.15, 0.2) is 61.2 Å². The normalized spacial score (nSPS) is 11.4. The lowest BCUT2D eigenvalue weighted by atomic mass is 10.1. The number of nitrogens with zero attached hydrogens (tertiary/aromatic N) is 3. The molecule has 0 radical (unpaired) electrons. The van der Waals surface area contributed by atoms with E-state index in [0.717, 1.165) is 44.2 Å². The molecule has 6 heteroatoms. The first-order chi connectivity index (χ1) is 12.3. The summed E-state index contributed by atoms with van der Waals surface area (Å²) in [6.45, 7) is 0. The SMILES string of the molecule is Clc1cccc(Nc2nc3[nH]c4cnccc4c3c3ccncc23)c1. The molecule has 4 heterocycles. The maximum atomic E-state index is 6.09. The van der Waals surface area contributed by atoms with Gasteiger partial charge in [0.2, 0.25) is 0 Å². The fourth-order valence-corrected chi connectivity index (χ4v) is 3.35. The third-order valence-corrected chi connectivity index (χ3v) is 4.47. The topological polar surface area (TPSA) is 66.5 Å². The highest BCUT2D eigenvalue weighted by Gasteiger charge is 2.13. The second kappa shape index (κ2) is 5.43. The average molecular weight is 346 g/mol. The van der Waals surface area contributed by atoms with Gasteiger partial charge in [-0.25, -0.2) is 4.98 Å². The number of aromatic nitrogens is 4. The van der Waals surface area contributed by atoms with Gasteiger partial charge in [0, 0.05) is 50.8 Å². The van der Waals surface area contributed by atoms with Crippen molar-refractivity contribution in [2.24, 2.45) is 0 Å². The molecule has 0 aliphatic rings. The first-order valence-electron chi connectivity index (χ1n) is 7.81. The molecule has 0 aliphatic carbocycles. The van der Waals surface area contributed by atoms with Crippen LogP contribution >= 0.6 is 11.6 Å².